The molecule has 0 radical (unpaired) electrons. The van der Waals surface area contributed by atoms with Crippen LogP contribution in [-0.4, -0.2) is 35.3 Å². The molecular formula is C30H23FN2O4. The quantitative estimate of drug-likeness (QED) is 0.529. The third kappa shape index (κ3) is 3.03. The zero-order chi connectivity index (χ0) is 26.1. The summed E-state index contributed by atoms with van der Waals surface area (Å²) in [5.41, 5.74) is 1.47. The van der Waals surface area contributed by atoms with E-state index in [-0.39, 0.29) is 23.3 Å². The maximum Gasteiger partial charge on any atom is 0.221 e. The number of ketones is 3. The number of hydrogen-bond donors (Lipinski definition) is 1. The van der Waals surface area contributed by atoms with Crippen LogP contribution in [0.15, 0.2) is 72.8 Å². The van der Waals surface area contributed by atoms with Gasteiger partial charge in [-0.25, -0.2) is 4.39 Å². The van der Waals surface area contributed by atoms with Gasteiger partial charge < -0.3 is 10.2 Å². The number of hydrogen-bond acceptors (Lipinski definition) is 5. The first-order valence-corrected chi connectivity index (χ1v) is 12.1. The number of nitrogens with zero attached hydrogens (tertiary/aromatic N) is 1. The average Bonchev–Trinajstić information content (AvgIpc) is 3.31. The monoisotopic (exact) mass is 494 g/mol. The average molecular weight is 495 g/mol. The summed E-state index contributed by atoms with van der Waals surface area (Å²) in [4.78, 5) is 55.7. The largest absolute Gasteiger partial charge is 0.352 e. The van der Waals surface area contributed by atoms with Gasteiger partial charge in [-0.3, -0.25) is 19.2 Å². The Hall–Kier alpha value is -4.39. The number of carbonyl (C=O) groups is 4. The van der Waals surface area contributed by atoms with E-state index in [0.717, 1.165) is 0 Å². The first kappa shape index (κ1) is 23.0. The maximum absolute atomic E-state index is 14.3. The van der Waals surface area contributed by atoms with Crippen molar-refractivity contribution < 1.29 is 23.6 Å². The minimum Gasteiger partial charge on any atom is -0.352 e. The van der Waals surface area contributed by atoms with Crippen LogP contribution in [0.2, 0.25) is 0 Å². The van der Waals surface area contributed by atoms with Gasteiger partial charge in [-0.05, 0) is 36.8 Å². The number of benzene rings is 3. The second-order valence-electron chi connectivity index (χ2n) is 9.79. The lowest BCUT2D eigenvalue weighted by Crippen LogP contribution is -2.48. The SMILES string of the molecule is CC(=O)Nc1cccc2c1C=CC1N2C(C(C)=O)C(c2ccc(F)cc2)C12C(=O)c1ccccc1C2=O. The fourth-order valence-electron chi connectivity index (χ4n) is 6.49. The molecule has 1 amide bonds. The Labute approximate surface area is 212 Å². The Morgan fingerprint density at radius 1 is 0.892 bits per heavy atom. The molecule has 3 aromatic carbocycles. The van der Waals surface area contributed by atoms with E-state index in [0.29, 0.717) is 33.6 Å². The molecule has 1 saturated heterocycles. The maximum atomic E-state index is 14.3. The fraction of sp³-hybridized carbons (Fsp3) is 0.200. The number of halogens is 1. The van der Waals surface area contributed by atoms with Crippen LogP contribution >= 0.6 is 0 Å². The van der Waals surface area contributed by atoms with Crippen LogP contribution < -0.4 is 10.2 Å². The first-order valence-electron chi connectivity index (χ1n) is 12.1. The second-order valence-corrected chi connectivity index (χ2v) is 9.79. The second kappa shape index (κ2) is 8.06. The Kier molecular flexibility index (Phi) is 5.02. The fourth-order valence-corrected chi connectivity index (χ4v) is 6.49. The lowest BCUT2D eigenvalue weighted by Gasteiger charge is -2.37. The van der Waals surface area contributed by atoms with Gasteiger partial charge in [0.25, 0.3) is 0 Å². The standard InChI is InChI=1S/C30H23FN2O4/c1-16(34)27-26(18-10-12-19(31)13-11-18)30(28(36)20-6-3-4-7-21(20)29(30)37)25-15-14-22-23(32-17(2)35)8-5-9-24(22)33(25)27/h3-15,25-27H,1-2H3,(H,32,35). The van der Waals surface area contributed by atoms with Gasteiger partial charge in [-0.15, -0.1) is 0 Å². The van der Waals surface area contributed by atoms with Gasteiger partial charge in [0.05, 0.1) is 17.8 Å². The van der Waals surface area contributed by atoms with Crippen molar-refractivity contribution in [2.24, 2.45) is 5.41 Å². The van der Waals surface area contributed by atoms with Crippen molar-refractivity contribution in [1.29, 1.82) is 0 Å². The number of fused-ring (bicyclic) bond motifs is 5. The molecule has 3 unspecified atom stereocenters. The van der Waals surface area contributed by atoms with E-state index in [9.17, 15) is 23.6 Å². The normalized spacial score (nSPS) is 22.6. The summed E-state index contributed by atoms with van der Waals surface area (Å²) in [6.07, 6.45) is 3.59. The number of Topliss-reactive ketones (excluding diaryl/α,β-unsaturated/α-hetero) is 3. The van der Waals surface area contributed by atoms with Crippen molar-refractivity contribution in [3.8, 4) is 0 Å². The van der Waals surface area contributed by atoms with Crippen LogP contribution in [0.25, 0.3) is 6.08 Å². The van der Waals surface area contributed by atoms with E-state index in [1.807, 2.05) is 11.0 Å². The molecule has 7 heteroatoms. The molecule has 1 spiro atoms. The van der Waals surface area contributed by atoms with E-state index >= 15 is 0 Å². The summed E-state index contributed by atoms with van der Waals surface area (Å²) in [6, 6.07) is 16.1. The van der Waals surface area contributed by atoms with Gasteiger partial charge in [0.2, 0.25) is 5.91 Å². The molecule has 3 aliphatic rings. The molecule has 6 nitrogen and oxygen atoms in total. The van der Waals surface area contributed by atoms with Gasteiger partial charge in [-0.2, -0.15) is 0 Å². The van der Waals surface area contributed by atoms with E-state index < -0.39 is 29.2 Å². The molecule has 37 heavy (non-hydrogen) atoms. The van der Waals surface area contributed by atoms with Crippen molar-refractivity contribution in [1.82, 2.24) is 0 Å². The molecule has 6 rings (SSSR count). The van der Waals surface area contributed by atoms with E-state index in [1.165, 1.54) is 26.0 Å². The van der Waals surface area contributed by atoms with Gasteiger partial charge in [0.1, 0.15) is 11.2 Å². The summed E-state index contributed by atoms with van der Waals surface area (Å²) >= 11 is 0. The molecule has 0 saturated carbocycles. The molecule has 1 N–H and O–H groups in total. The zero-order valence-corrected chi connectivity index (χ0v) is 20.2. The minimum absolute atomic E-state index is 0.223. The van der Waals surface area contributed by atoms with Crippen LogP contribution in [0.4, 0.5) is 15.8 Å². The molecule has 3 aromatic rings. The third-order valence-electron chi connectivity index (χ3n) is 7.80. The summed E-state index contributed by atoms with van der Waals surface area (Å²) in [5, 5.41) is 2.82. The summed E-state index contributed by atoms with van der Waals surface area (Å²) in [7, 11) is 0. The van der Waals surface area contributed by atoms with Crippen LogP contribution in [-0.2, 0) is 9.59 Å². The predicted octanol–water partition coefficient (Wildman–Crippen LogP) is 4.81. The Morgan fingerprint density at radius 3 is 2.14 bits per heavy atom. The van der Waals surface area contributed by atoms with Crippen molar-refractivity contribution in [3.63, 3.8) is 0 Å². The molecule has 1 fully saturated rings. The van der Waals surface area contributed by atoms with E-state index in [2.05, 4.69) is 5.32 Å². The van der Waals surface area contributed by atoms with Gasteiger partial charge in [0.15, 0.2) is 17.3 Å². The molecular weight excluding hydrogens is 471 g/mol. The van der Waals surface area contributed by atoms with Gasteiger partial charge in [0, 0.05) is 35.2 Å². The highest BCUT2D eigenvalue weighted by atomic mass is 19.1. The topological polar surface area (TPSA) is 83.6 Å². The Morgan fingerprint density at radius 2 is 1.54 bits per heavy atom. The number of rotatable bonds is 3. The lowest BCUT2D eigenvalue weighted by molar-refractivity contribution is -0.118. The summed E-state index contributed by atoms with van der Waals surface area (Å²) < 4.78 is 14.0. The highest BCUT2D eigenvalue weighted by molar-refractivity contribution is 6.32. The molecule has 2 aliphatic heterocycles. The van der Waals surface area contributed by atoms with Gasteiger partial charge >= 0.3 is 0 Å². The zero-order valence-electron chi connectivity index (χ0n) is 20.2. The highest BCUT2D eigenvalue weighted by Crippen LogP contribution is 2.61. The Balaban J connectivity index is 1.65. The van der Waals surface area contributed by atoms with Gasteiger partial charge in [-0.1, -0.05) is 54.6 Å². The highest BCUT2D eigenvalue weighted by Gasteiger charge is 2.71. The van der Waals surface area contributed by atoms with Crippen LogP contribution in [0.5, 0.6) is 0 Å². The molecule has 2 heterocycles. The van der Waals surface area contributed by atoms with Crippen molar-refractivity contribution in [2.75, 3.05) is 10.2 Å². The number of nitrogens with one attached hydrogen (secondary N) is 1. The predicted molar refractivity (Wildman–Crippen MR) is 137 cm³/mol. The van der Waals surface area contributed by atoms with Crippen molar-refractivity contribution in [2.45, 2.75) is 31.8 Å². The van der Waals surface area contributed by atoms with Crippen molar-refractivity contribution in [3.05, 3.63) is 101 Å². The summed E-state index contributed by atoms with van der Waals surface area (Å²) in [6.45, 7) is 2.86. The smallest absolute Gasteiger partial charge is 0.221 e. The summed E-state index contributed by atoms with van der Waals surface area (Å²) in [5.74, 6) is -2.46. The molecule has 0 aromatic heterocycles. The molecule has 0 bridgehead atoms. The Bertz CT molecular complexity index is 1510. The van der Waals surface area contributed by atoms with Crippen molar-refractivity contribution >= 4 is 40.7 Å². The number of anilines is 2. The third-order valence-corrected chi connectivity index (χ3v) is 7.80. The minimum atomic E-state index is -1.62. The lowest BCUT2D eigenvalue weighted by atomic mass is 9.64. The van der Waals surface area contributed by atoms with E-state index in [1.54, 1.807) is 60.7 Å². The first-order chi connectivity index (χ1) is 17.8. The molecule has 1 aliphatic carbocycles. The number of carbonyl (C=O) groups excluding carboxylic acids is 4. The molecule has 184 valence electrons. The van der Waals surface area contributed by atoms with Crippen LogP contribution in [0.3, 0.4) is 0 Å². The molecule has 3 atom stereocenters. The number of amides is 1. The van der Waals surface area contributed by atoms with Crippen LogP contribution in [0, 0.1) is 11.2 Å². The van der Waals surface area contributed by atoms with Crippen LogP contribution in [0.1, 0.15) is 51.6 Å². The van der Waals surface area contributed by atoms with E-state index in [4.69, 9.17) is 0 Å².